The minimum atomic E-state index is -0.0959. The number of hydrogen-bond acceptors (Lipinski definition) is 3. The van der Waals surface area contributed by atoms with Crippen LogP contribution >= 0.6 is 0 Å². The van der Waals surface area contributed by atoms with Crippen molar-refractivity contribution in [2.45, 2.75) is 25.3 Å². The quantitative estimate of drug-likeness (QED) is 0.886. The van der Waals surface area contributed by atoms with Gasteiger partial charge in [-0.25, -0.2) is 4.98 Å². The number of anilines is 1. The van der Waals surface area contributed by atoms with E-state index in [4.69, 9.17) is 0 Å². The van der Waals surface area contributed by atoms with Gasteiger partial charge in [0.1, 0.15) is 5.69 Å². The summed E-state index contributed by atoms with van der Waals surface area (Å²) in [6.07, 6.45) is 2.70. The highest BCUT2D eigenvalue weighted by atomic mass is 16.2. The molecule has 4 nitrogen and oxygen atoms in total. The number of amides is 1. The van der Waals surface area contributed by atoms with Crippen molar-refractivity contribution in [1.82, 2.24) is 10.3 Å². The van der Waals surface area contributed by atoms with E-state index in [1.54, 1.807) is 12.3 Å². The molecule has 2 atom stereocenters. The van der Waals surface area contributed by atoms with Crippen molar-refractivity contribution >= 4 is 11.6 Å². The Bertz CT molecular complexity index is 610. The van der Waals surface area contributed by atoms with Gasteiger partial charge >= 0.3 is 0 Å². The summed E-state index contributed by atoms with van der Waals surface area (Å²) in [5.41, 5.74) is 2.69. The topological polar surface area (TPSA) is 54.0 Å². The Morgan fingerprint density at radius 1 is 1.24 bits per heavy atom. The Morgan fingerprint density at radius 2 is 2.05 bits per heavy atom. The van der Waals surface area contributed by atoms with E-state index in [0.717, 1.165) is 18.7 Å². The molecule has 2 N–H and O–H groups in total. The molecule has 1 fully saturated rings. The summed E-state index contributed by atoms with van der Waals surface area (Å²) in [7, 11) is 0. The Hall–Kier alpha value is -2.36. The lowest BCUT2D eigenvalue weighted by Gasteiger charge is -2.06. The number of nitrogens with zero attached hydrogens (tertiary/aromatic N) is 1. The maximum Gasteiger partial charge on any atom is 0.270 e. The Morgan fingerprint density at radius 3 is 2.71 bits per heavy atom. The second-order valence-electron chi connectivity index (χ2n) is 5.30. The summed E-state index contributed by atoms with van der Waals surface area (Å²) in [4.78, 5) is 16.3. The van der Waals surface area contributed by atoms with E-state index >= 15 is 0 Å². The largest absolute Gasteiger partial charge is 0.384 e. The lowest BCUT2D eigenvalue weighted by molar-refractivity contribution is 0.0945. The highest BCUT2D eigenvalue weighted by Crippen LogP contribution is 2.40. The van der Waals surface area contributed by atoms with Crippen LogP contribution in [0.15, 0.2) is 48.7 Å². The molecule has 21 heavy (non-hydrogen) atoms. The number of aromatic nitrogens is 1. The number of carbonyl (C=O) groups excluding carboxylic acids is 1. The third-order valence-electron chi connectivity index (χ3n) is 3.71. The fourth-order valence-electron chi connectivity index (χ4n) is 2.50. The second kappa shape index (κ2) is 5.95. The van der Waals surface area contributed by atoms with Crippen molar-refractivity contribution in [3.05, 3.63) is 59.9 Å². The lowest BCUT2D eigenvalue weighted by atomic mass is 10.1. The monoisotopic (exact) mass is 281 g/mol. The molecule has 2 aromatic rings. The van der Waals surface area contributed by atoms with Gasteiger partial charge in [0.05, 0.1) is 11.9 Å². The van der Waals surface area contributed by atoms with Gasteiger partial charge in [-0.15, -0.1) is 0 Å². The van der Waals surface area contributed by atoms with Crippen molar-refractivity contribution in [2.24, 2.45) is 0 Å². The van der Waals surface area contributed by atoms with Gasteiger partial charge in [0, 0.05) is 18.5 Å². The van der Waals surface area contributed by atoms with Gasteiger partial charge in [0.15, 0.2) is 0 Å². The average Bonchev–Trinajstić information content (AvgIpc) is 3.28. The molecule has 1 aromatic heterocycles. The highest BCUT2D eigenvalue weighted by Gasteiger charge is 2.39. The number of carbonyl (C=O) groups is 1. The van der Waals surface area contributed by atoms with Crippen LogP contribution in [0.4, 0.5) is 5.69 Å². The molecule has 3 rings (SSSR count). The van der Waals surface area contributed by atoms with Gasteiger partial charge < -0.3 is 10.6 Å². The summed E-state index contributed by atoms with van der Waals surface area (Å²) in [5.74, 6) is 0.345. The molecule has 0 spiro atoms. The Labute approximate surface area is 124 Å². The standard InChI is InChI=1S/C17H19N3O/c1-2-18-13-8-9-15(19-11-13)17(21)20-16-10-14(16)12-6-4-3-5-7-12/h3-9,11,14,16,18H,2,10H2,1H3,(H,20,21). The highest BCUT2D eigenvalue weighted by molar-refractivity contribution is 5.93. The first-order chi connectivity index (χ1) is 10.3. The molecular formula is C17H19N3O. The first kappa shape index (κ1) is 13.6. The molecule has 1 heterocycles. The number of benzene rings is 1. The van der Waals surface area contributed by atoms with Crippen LogP contribution in [-0.2, 0) is 0 Å². The van der Waals surface area contributed by atoms with Crippen LogP contribution in [0.5, 0.6) is 0 Å². The molecule has 0 bridgehead atoms. The van der Waals surface area contributed by atoms with Crippen LogP contribution in [0, 0.1) is 0 Å². The Balaban J connectivity index is 1.58. The van der Waals surface area contributed by atoms with E-state index in [1.165, 1.54) is 5.56 Å². The van der Waals surface area contributed by atoms with Crippen LogP contribution in [0.3, 0.4) is 0 Å². The van der Waals surface area contributed by atoms with Crippen LogP contribution in [0.2, 0.25) is 0 Å². The summed E-state index contributed by atoms with van der Waals surface area (Å²) in [5, 5.41) is 6.21. The molecular weight excluding hydrogens is 262 g/mol. The number of nitrogens with one attached hydrogen (secondary N) is 2. The summed E-state index contributed by atoms with van der Waals surface area (Å²) >= 11 is 0. The minimum absolute atomic E-state index is 0.0959. The maximum absolute atomic E-state index is 12.1. The normalized spacial score (nSPS) is 19.9. The lowest BCUT2D eigenvalue weighted by Crippen LogP contribution is -2.27. The van der Waals surface area contributed by atoms with Gasteiger partial charge in [0.25, 0.3) is 5.91 Å². The fourth-order valence-corrected chi connectivity index (χ4v) is 2.50. The van der Waals surface area contributed by atoms with Crippen molar-refractivity contribution in [3.63, 3.8) is 0 Å². The summed E-state index contributed by atoms with van der Waals surface area (Å²) in [6.45, 7) is 2.87. The molecule has 108 valence electrons. The zero-order chi connectivity index (χ0) is 14.7. The van der Waals surface area contributed by atoms with E-state index in [1.807, 2.05) is 31.2 Å². The average molecular weight is 281 g/mol. The summed E-state index contributed by atoms with van der Waals surface area (Å²) in [6, 6.07) is 14.2. The number of hydrogen-bond donors (Lipinski definition) is 2. The molecule has 0 saturated heterocycles. The third-order valence-corrected chi connectivity index (χ3v) is 3.71. The maximum atomic E-state index is 12.1. The number of pyridine rings is 1. The van der Waals surface area contributed by atoms with Crippen molar-refractivity contribution in [1.29, 1.82) is 0 Å². The molecule has 2 unspecified atom stereocenters. The zero-order valence-electron chi connectivity index (χ0n) is 12.0. The van der Waals surface area contributed by atoms with Gasteiger partial charge in [-0.1, -0.05) is 30.3 Å². The SMILES string of the molecule is CCNc1ccc(C(=O)NC2CC2c2ccccc2)nc1. The van der Waals surface area contributed by atoms with Gasteiger partial charge in [0.2, 0.25) is 0 Å². The predicted octanol–water partition coefficient (Wildman–Crippen LogP) is 2.80. The molecule has 0 aliphatic heterocycles. The van der Waals surface area contributed by atoms with E-state index in [9.17, 15) is 4.79 Å². The first-order valence-corrected chi connectivity index (χ1v) is 7.33. The van der Waals surface area contributed by atoms with Crippen LogP contribution < -0.4 is 10.6 Å². The van der Waals surface area contributed by atoms with Crippen molar-refractivity contribution < 1.29 is 4.79 Å². The fraction of sp³-hybridized carbons (Fsp3) is 0.294. The zero-order valence-corrected chi connectivity index (χ0v) is 12.0. The number of rotatable bonds is 5. The smallest absolute Gasteiger partial charge is 0.270 e. The van der Waals surface area contributed by atoms with Gasteiger partial charge in [-0.3, -0.25) is 4.79 Å². The predicted molar refractivity (Wildman–Crippen MR) is 83.5 cm³/mol. The van der Waals surface area contributed by atoms with E-state index in [-0.39, 0.29) is 11.9 Å². The summed E-state index contributed by atoms with van der Waals surface area (Å²) < 4.78 is 0. The van der Waals surface area contributed by atoms with Gasteiger partial charge in [-0.2, -0.15) is 0 Å². The van der Waals surface area contributed by atoms with E-state index in [0.29, 0.717) is 11.6 Å². The molecule has 1 aliphatic rings. The molecule has 0 radical (unpaired) electrons. The molecule has 1 amide bonds. The van der Waals surface area contributed by atoms with Crippen molar-refractivity contribution in [2.75, 3.05) is 11.9 Å². The third kappa shape index (κ3) is 3.21. The molecule has 1 aromatic carbocycles. The van der Waals surface area contributed by atoms with Crippen molar-refractivity contribution in [3.8, 4) is 0 Å². The molecule has 4 heteroatoms. The second-order valence-corrected chi connectivity index (χ2v) is 5.30. The minimum Gasteiger partial charge on any atom is -0.384 e. The van der Waals surface area contributed by atoms with Crippen LogP contribution in [0.25, 0.3) is 0 Å². The molecule has 1 saturated carbocycles. The molecule has 1 aliphatic carbocycles. The van der Waals surface area contributed by atoms with E-state index in [2.05, 4.69) is 27.8 Å². The van der Waals surface area contributed by atoms with Crippen LogP contribution in [-0.4, -0.2) is 23.5 Å². The Kier molecular flexibility index (Phi) is 3.86. The van der Waals surface area contributed by atoms with Gasteiger partial charge in [-0.05, 0) is 31.0 Å². The first-order valence-electron chi connectivity index (χ1n) is 7.33. The van der Waals surface area contributed by atoms with Crippen LogP contribution in [0.1, 0.15) is 35.3 Å². The van der Waals surface area contributed by atoms with E-state index < -0.39 is 0 Å².